The Hall–Kier alpha value is -4.34. The SMILES string of the molecule is C=CC(=O)N1c2ccc(C(F)(F)F)cc2C(Nc2ncc(N3CCOCC3)c(Cc3cc(C(F)(F)F)cc(C(F)(F)F)c3)n2)CC1CC. The molecule has 1 aromatic heterocycles. The Kier molecular flexibility index (Phi) is 9.68. The van der Waals surface area contributed by atoms with E-state index in [0.29, 0.717) is 50.5 Å². The maximum Gasteiger partial charge on any atom is 0.416 e. The van der Waals surface area contributed by atoms with Crippen molar-refractivity contribution in [2.75, 3.05) is 41.4 Å². The first kappa shape index (κ1) is 35.0. The van der Waals surface area contributed by atoms with E-state index in [2.05, 4.69) is 21.9 Å². The molecule has 1 amide bonds. The number of nitrogens with one attached hydrogen (secondary N) is 1. The molecule has 16 heteroatoms. The number of ether oxygens (including phenoxy) is 1. The number of hydrogen-bond donors (Lipinski definition) is 1. The highest BCUT2D eigenvalue weighted by atomic mass is 19.4. The molecule has 7 nitrogen and oxygen atoms in total. The molecule has 48 heavy (non-hydrogen) atoms. The van der Waals surface area contributed by atoms with Gasteiger partial charge in [0.2, 0.25) is 5.95 Å². The fourth-order valence-corrected chi connectivity index (χ4v) is 5.96. The molecule has 258 valence electrons. The monoisotopic (exact) mass is 687 g/mol. The zero-order valence-corrected chi connectivity index (χ0v) is 25.4. The molecule has 5 rings (SSSR count). The molecule has 0 bridgehead atoms. The van der Waals surface area contributed by atoms with Gasteiger partial charge in [0, 0.05) is 31.2 Å². The highest BCUT2D eigenvalue weighted by molar-refractivity contribution is 6.02. The molecule has 0 radical (unpaired) electrons. The molecule has 2 aliphatic heterocycles. The second-order valence-electron chi connectivity index (χ2n) is 11.4. The fraction of sp³-hybridized carbons (Fsp3) is 0.406. The number of rotatable bonds is 7. The summed E-state index contributed by atoms with van der Waals surface area (Å²) < 4.78 is 128. The Bertz CT molecular complexity index is 1630. The third-order valence-electron chi connectivity index (χ3n) is 8.27. The Labute approximate surface area is 269 Å². The first-order chi connectivity index (χ1) is 22.5. The summed E-state index contributed by atoms with van der Waals surface area (Å²) in [5, 5.41) is 3.03. The first-order valence-corrected chi connectivity index (χ1v) is 14.9. The highest BCUT2D eigenvalue weighted by Gasteiger charge is 2.39. The number of alkyl halides is 9. The van der Waals surface area contributed by atoms with E-state index < -0.39 is 59.6 Å². The predicted molar refractivity (Wildman–Crippen MR) is 159 cm³/mol. The summed E-state index contributed by atoms with van der Waals surface area (Å²) in [5.41, 5.74) is -3.42. The number of hydrogen-bond acceptors (Lipinski definition) is 6. The quantitative estimate of drug-likeness (QED) is 0.202. The van der Waals surface area contributed by atoms with E-state index >= 15 is 0 Å². The van der Waals surface area contributed by atoms with Crippen molar-refractivity contribution >= 4 is 23.2 Å². The van der Waals surface area contributed by atoms with Gasteiger partial charge in [-0.25, -0.2) is 9.97 Å². The average molecular weight is 688 g/mol. The van der Waals surface area contributed by atoms with Gasteiger partial charge in [-0.05, 0) is 66.4 Å². The first-order valence-electron chi connectivity index (χ1n) is 14.9. The van der Waals surface area contributed by atoms with E-state index in [4.69, 9.17) is 4.74 Å². The lowest BCUT2D eigenvalue weighted by Gasteiger charge is -2.40. The van der Waals surface area contributed by atoms with Crippen molar-refractivity contribution in [1.29, 1.82) is 0 Å². The third-order valence-corrected chi connectivity index (χ3v) is 8.27. The van der Waals surface area contributed by atoms with Gasteiger partial charge in [-0.2, -0.15) is 39.5 Å². The minimum Gasteiger partial charge on any atom is -0.378 e. The Morgan fingerprint density at radius 3 is 2.12 bits per heavy atom. The molecule has 0 saturated carbocycles. The summed E-state index contributed by atoms with van der Waals surface area (Å²) in [5.74, 6) is -0.620. The molecule has 2 aromatic carbocycles. The van der Waals surface area contributed by atoms with Gasteiger partial charge in [0.05, 0.1) is 53.5 Å². The maximum atomic E-state index is 13.8. The molecule has 3 heterocycles. The summed E-state index contributed by atoms with van der Waals surface area (Å²) in [6.45, 7) is 6.62. The molecule has 2 aliphatic rings. The largest absolute Gasteiger partial charge is 0.416 e. The summed E-state index contributed by atoms with van der Waals surface area (Å²) in [7, 11) is 0. The number of benzene rings is 2. The number of halogens is 9. The summed E-state index contributed by atoms with van der Waals surface area (Å²) in [6.07, 6.45) is -12.3. The van der Waals surface area contributed by atoms with Gasteiger partial charge in [-0.15, -0.1) is 0 Å². The van der Waals surface area contributed by atoms with Crippen LogP contribution >= 0.6 is 0 Å². The molecule has 1 fully saturated rings. The van der Waals surface area contributed by atoms with Crippen LogP contribution in [-0.4, -0.2) is 48.2 Å². The maximum absolute atomic E-state index is 13.8. The Morgan fingerprint density at radius 2 is 1.56 bits per heavy atom. The second-order valence-corrected chi connectivity index (χ2v) is 11.4. The Morgan fingerprint density at radius 1 is 0.938 bits per heavy atom. The van der Waals surface area contributed by atoms with Crippen LogP contribution in [-0.2, 0) is 34.5 Å². The molecule has 0 spiro atoms. The number of aromatic nitrogens is 2. The topological polar surface area (TPSA) is 70.6 Å². The molecule has 3 aromatic rings. The van der Waals surface area contributed by atoms with Crippen molar-refractivity contribution in [2.24, 2.45) is 0 Å². The smallest absolute Gasteiger partial charge is 0.378 e. The van der Waals surface area contributed by atoms with Gasteiger partial charge in [0.1, 0.15) is 0 Å². The molecule has 1 N–H and O–H groups in total. The fourth-order valence-electron chi connectivity index (χ4n) is 5.96. The number of carbonyl (C=O) groups excluding carboxylic acids is 1. The van der Waals surface area contributed by atoms with Crippen LogP contribution in [0, 0.1) is 0 Å². The van der Waals surface area contributed by atoms with Crippen LogP contribution in [0.5, 0.6) is 0 Å². The molecular weight excluding hydrogens is 657 g/mol. The van der Waals surface area contributed by atoms with Gasteiger partial charge in [0.15, 0.2) is 0 Å². The summed E-state index contributed by atoms with van der Waals surface area (Å²) in [6, 6.07) is 2.97. The van der Waals surface area contributed by atoms with Crippen molar-refractivity contribution in [3.05, 3.63) is 88.8 Å². The number of carbonyl (C=O) groups is 1. The van der Waals surface area contributed by atoms with Crippen molar-refractivity contribution < 1.29 is 49.0 Å². The van der Waals surface area contributed by atoms with Crippen LogP contribution in [0.3, 0.4) is 0 Å². The van der Waals surface area contributed by atoms with Gasteiger partial charge in [-0.3, -0.25) is 4.79 Å². The molecular formula is C32H30F9N5O2. The van der Waals surface area contributed by atoms with E-state index in [9.17, 15) is 44.3 Å². The van der Waals surface area contributed by atoms with Crippen LogP contribution in [0.4, 0.5) is 56.8 Å². The Balaban J connectivity index is 1.58. The van der Waals surface area contributed by atoms with E-state index in [0.717, 1.165) is 18.2 Å². The van der Waals surface area contributed by atoms with E-state index in [1.165, 1.54) is 17.2 Å². The standard InChI is InChI=1S/C32H30F9N5O2/c1-3-22-16-24(23-15-19(30(33,34)35)5-6-26(23)46(22)28(47)4-2)43-29-42-17-27(45-7-9-48-10-8-45)25(44-29)13-18-11-20(31(36,37)38)14-21(12-18)32(39,40)41/h4-6,11-12,14-15,17,22,24H,2-3,7-10,13,16H2,1H3,(H,42,43,44). The number of nitrogens with zero attached hydrogens (tertiary/aromatic N) is 4. The van der Waals surface area contributed by atoms with Crippen LogP contribution in [0.25, 0.3) is 0 Å². The van der Waals surface area contributed by atoms with Crippen LogP contribution in [0.1, 0.15) is 59.3 Å². The van der Waals surface area contributed by atoms with Crippen molar-refractivity contribution in [2.45, 2.75) is 56.8 Å². The van der Waals surface area contributed by atoms with Crippen molar-refractivity contribution in [1.82, 2.24) is 9.97 Å². The highest BCUT2D eigenvalue weighted by Crippen LogP contribution is 2.43. The lowest BCUT2D eigenvalue weighted by Crippen LogP contribution is -2.45. The van der Waals surface area contributed by atoms with E-state index in [-0.39, 0.29) is 40.9 Å². The average Bonchev–Trinajstić information content (AvgIpc) is 3.03. The number of amides is 1. The van der Waals surface area contributed by atoms with Gasteiger partial charge < -0.3 is 19.9 Å². The minimum absolute atomic E-state index is 0.0413. The molecule has 0 aliphatic carbocycles. The molecule has 2 unspecified atom stereocenters. The normalized spacial score (nSPS) is 18.8. The predicted octanol–water partition coefficient (Wildman–Crippen LogP) is 7.81. The van der Waals surface area contributed by atoms with Gasteiger partial charge in [-0.1, -0.05) is 13.5 Å². The van der Waals surface area contributed by atoms with Crippen LogP contribution in [0.2, 0.25) is 0 Å². The number of anilines is 3. The zero-order chi connectivity index (χ0) is 35.0. The van der Waals surface area contributed by atoms with Gasteiger partial charge in [0.25, 0.3) is 5.91 Å². The van der Waals surface area contributed by atoms with Crippen molar-refractivity contribution in [3.8, 4) is 0 Å². The number of fused-ring (bicyclic) bond motifs is 1. The molecule has 2 atom stereocenters. The third kappa shape index (κ3) is 7.53. The zero-order valence-electron chi connectivity index (χ0n) is 25.4. The van der Waals surface area contributed by atoms with Crippen LogP contribution in [0.15, 0.2) is 55.3 Å². The van der Waals surface area contributed by atoms with Crippen molar-refractivity contribution in [3.63, 3.8) is 0 Å². The van der Waals surface area contributed by atoms with E-state index in [1.54, 1.807) is 11.8 Å². The van der Waals surface area contributed by atoms with Gasteiger partial charge >= 0.3 is 18.5 Å². The minimum atomic E-state index is -5.05. The van der Waals surface area contributed by atoms with Crippen LogP contribution < -0.4 is 15.1 Å². The number of morpholine rings is 1. The molecule has 1 saturated heterocycles. The summed E-state index contributed by atoms with van der Waals surface area (Å²) >= 11 is 0. The lowest BCUT2D eigenvalue weighted by atomic mass is 9.88. The second kappa shape index (κ2) is 13.3. The van der Waals surface area contributed by atoms with E-state index in [1.807, 2.05) is 0 Å². The summed E-state index contributed by atoms with van der Waals surface area (Å²) in [4.78, 5) is 24.8. The lowest BCUT2D eigenvalue weighted by molar-refractivity contribution is -0.143.